The van der Waals surface area contributed by atoms with E-state index in [1.807, 2.05) is 0 Å². The molecule has 0 atom stereocenters. The fraction of sp³-hybridized carbons (Fsp3) is 0.0800. The third-order valence-electron chi connectivity index (χ3n) is 6.28. The Labute approximate surface area is 222 Å². The van der Waals surface area contributed by atoms with E-state index in [2.05, 4.69) is 20.5 Å². The second-order valence-electron chi connectivity index (χ2n) is 8.65. The van der Waals surface area contributed by atoms with Crippen LogP contribution >= 0.6 is 11.6 Å². The SMILES string of the molecule is O=C=c1[nH]c2ccc(-n3ncc(C(=O)Nc4cnn5c(C(F)(F)F)cc(Cl)c5c4)c3C(F)(F)F)c3cccc1c23. The smallest absolute Gasteiger partial charge is 0.345 e. The van der Waals surface area contributed by atoms with Gasteiger partial charge in [-0.25, -0.2) is 14.0 Å². The Balaban J connectivity index is 1.44. The van der Waals surface area contributed by atoms with Gasteiger partial charge in [-0.2, -0.15) is 36.5 Å². The number of H-pyrrole nitrogens is 1. The highest BCUT2D eigenvalue weighted by Crippen LogP contribution is 2.38. The van der Waals surface area contributed by atoms with Crippen molar-refractivity contribution >= 4 is 56.3 Å². The number of hydrogen-bond acceptors (Lipinski definition) is 4. The fourth-order valence-electron chi connectivity index (χ4n) is 4.65. The molecule has 2 N–H and O–H groups in total. The van der Waals surface area contributed by atoms with Crippen LogP contribution in [-0.4, -0.2) is 36.2 Å². The molecule has 6 rings (SSSR count). The predicted octanol–water partition coefficient (Wildman–Crippen LogP) is 5.32. The molecule has 0 radical (unpaired) electrons. The van der Waals surface area contributed by atoms with Gasteiger partial charge < -0.3 is 10.3 Å². The third-order valence-corrected chi connectivity index (χ3v) is 6.58. The Hall–Kier alpha value is -4.81. The van der Waals surface area contributed by atoms with E-state index in [9.17, 15) is 35.9 Å². The minimum absolute atomic E-state index is 0.0105. The van der Waals surface area contributed by atoms with Crippen LogP contribution in [0.1, 0.15) is 21.7 Å². The maximum absolute atomic E-state index is 14.3. The standard InChI is InChI=1S/C25H11ClF6N6O2/c26-15-7-20(24(27,28)29)37-19(15)6-11(8-33-37)35-23(40)14-9-34-38(22(14)25(30,31)32)18-5-4-16-21-12(17(10-39)36-16)2-1-3-13(18)21/h1-9,36H,(H,35,40). The quantitative estimate of drug-likeness (QED) is 0.279. The first-order chi connectivity index (χ1) is 18.9. The highest BCUT2D eigenvalue weighted by molar-refractivity contribution is 6.34. The van der Waals surface area contributed by atoms with E-state index in [0.717, 1.165) is 18.5 Å². The summed E-state index contributed by atoms with van der Waals surface area (Å²) in [5, 5.41) is 10.7. The van der Waals surface area contributed by atoms with Gasteiger partial charge in [-0.05, 0) is 24.3 Å². The molecule has 4 aromatic heterocycles. The number of aromatic amines is 1. The van der Waals surface area contributed by atoms with Gasteiger partial charge in [-0.15, -0.1) is 0 Å². The first-order valence-electron chi connectivity index (χ1n) is 11.2. The molecule has 0 bridgehead atoms. The van der Waals surface area contributed by atoms with Crippen molar-refractivity contribution < 1.29 is 35.9 Å². The zero-order chi connectivity index (χ0) is 28.6. The van der Waals surface area contributed by atoms with Gasteiger partial charge in [0.25, 0.3) is 5.91 Å². The van der Waals surface area contributed by atoms with E-state index in [1.165, 1.54) is 12.1 Å². The van der Waals surface area contributed by atoms with Crippen molar-refractivity contribution in [3.63, 3.8) is 0 Å². The van der Waals surface area contributed by atoms with Gasteiger partial charge in [0.15, 0.2) is 11.6 Å². The van der Waals surface area contributed by atoms with Crippen LogP contribution in [0.15, 0.2) is 54.9 Å². The van der Waals surface area contributed by atoms with Gasteiger partial charge in [0.2, 0.25) is 0 Å². The summed E-state index contributed by atoms with van der Waals surface area (Å²) in [4.78, 5) is 27.2. The normalized spacial score (nSPS) is 12.5. The van der Waals surface area contributed by atoms with Crippen LogP contribution in [0.5, 0.6) is 0 Å². The summed E-state index contributed by atoms with van der Waals surface area (Å²) in [6, 6.07) is 9.24. The molecule has 8 nitrogen and oxygen atoms in total. The Kier molecular flexibility index (Phi) is 5.47. The molecule has 0 fully saturated rings. The molecular weight excluding hydrogens is 566 g/mol. The zero-order valence-electron chi connectivity index (χ0n) is 19.4. The van der Waals surface area contributed by atoms with Crippen molar-refractivity contribution in [3.8, 4) is 5.69 Å². The van der Waals surface area contributed by atoms with Crippen LogP contribution < -0.4 is 10.7 Å². The molecule has 0 unspecified atom stereocenters. The number of carbonyl (C=O) groups is 1. The van der Waals surface area contributed by atoms with Crippen LogP contribution in [0, 0.1) is 0 Å². The highest BCUT2D eigenvalue weighted by atomic mass is 35.5. The van der Waals surface area contributed by atoms with Crippen molar-refractivity contribution in [2.75, 3.05) is 5.32 Å². The van der Waals surface area contributed by atoms with E-state index >= 15 is 0 Å². The topological polar surface area (TPSA) is 97.1 Å². The van der Waals surface area contributed by atoms with Gasteiger partial charge in [0.1, 0.15) is 11.0 Å². The predicted molar refractivity (Wildman–Crippen MR) is 131 cm³/mol. The first-order valence-corrected chi connectivity index (χ1v) is 11.6. The summed E-state index contributed by atoms with van der Waals surface area (Å²) < 4.78 is 83.8. The lowest BCUT2D eigenvalue weighted by Crippen LogP contribution is -2.21. The number of rotatable bonds is 3. The van der Waals surface area contributed by atoms with Gasteiger partial charge in [-0.3, -0.25) is 4.79 Å². The molecule has 0 saturated carbocycles. The second kappa shape index (κ2) is 8.60. The van der Waals surface area contributed by atoms with Crippen LogP contribution in [0.4, 0.5) is 32.0 Å². The van der Waals surface area contributed by atoms with E-state index in [4.69, 9.17) is 11.6 Å². The van der Waals surface area contributed by atoms with Crippen molar-refractivity contribution in [2.24, 2.45) is 0 Å². The number of alkyl halides is 6. The largest absolute Gasteiger partial charge is 0.434 e. The number of hydrogen-bond donors (Lipinski definition) is 2. The lowest BCUT2D eigenvalue weighted by molar-refractivity contribution is -0.143. The summed E-state index contributed by atoms with van der Waals surface area (Å²) in [6.07, 6.45) is -8.24. The van der Waals surface area contributed by atoms with Gasteiger partial charge in [0, 0.05) is 21.7 Å². The molecule has 0 aliphatic heterocycles. The Bertz CT molecular complexity index is 2070. The molecule has 6 aromatic rings. The Morgan fingerprint density at radius 1 is 0.975 bits per heavy atom. The molecular formula is C25H11ClF6N6O2. The average Bonchev–Trinajstić information content (AvgIpc) is 3.59. The second-order valence-corrected chi connectivity index (χ2v) is 9.06. The zero-order valence-corrected chi connectivity index (χ0v) is 20.2. The molecule has 15 heteroatoms. The molecule has 0 aliphatic carbocycles. The highest BCUT2D eigenvalue weighted by Gasteiger charge is 2.41. The number of benzene rings is 2. The summed E-state index contributed by atoms with van der Waals surface area (Å²) >= 11 is 5.90. The molecule has 202 valence electrons. The lowest BCUT2D eigenvalue weighted by Gasteiger charge is -2.14. The summed E-state index contributed by atoms with van der Waals surface area (Å²) in [5.41, 5.74) is -3.34. The Morgan fingerprint density at radius 3 is 2.42 bits per heavy atom. The summed E-state index contributed by atoms with van der Waals surface area (Å²) in [5.74, 6) is 0.527. The molecule has 1 amide bonds. The average molecular weight is 577 g/mol. The number of carbonyl (C=O) groups excluding carboxylic acids is 2. The minimum atomic E-state index is -5.05. The number of anilines is 1. The lowest BCUT2D eigenvalue weighted by atomic mass is 10.1. The van der Waals surface area contributed by atoms with Crippen LogP contribution in [0.25, 0.3) is 32.9 Å². The number of nitrogens with zero attached hydrogens (tertiary/aromatic N) is 4. The fourth-order valence-corrected chi connectivity index (χ4v) is 4.89. The van der Waals surface area contributed by atoms with Crippen LogP contribution in [0.2, 0.25) is 5.02 Å². The van der Waals surface area contributed by atoms with Crippen molar-refractivity contribution in [1.29, 1.82) is 0 Å². The van der Waals surface area contributed by atoms with Gasteiger partial charge in [-0.1, -0.05) is 29.8 Å². The summed E-state index contributed by atoms with van der Waals surface area (Å²) in [7, 11) is 0. The van der Waals surface area contributed by atoms with Crippen molar-refractivity contribution in [2.45, 2.75) is 12.4 Å². The summed E-state index contributed by atoms with van der Waals surface area (Å²) in [6.45, 7) is 0. The molecule has 40 heavy (non-hydrogen) atoms. The number of nitrogens with one attached hydrogen (secondary N) is 2. The van der Waals surface area contributed by atoms with Crippen LogP contribution in [0.3, 0.4) is 0 Å². The first kappa shape index (κ1) is 25.5. The molecule has 0 spiro atoms. The van der Waals surface area contributed by atoms with E-state index in [-0.39, 0.29) is 27.3 Å². The van der Waals surface area contributed by atoms with Crippen molar-refractivity contribution in [1.82, 2.24) is 24.4 Å². The maximum Gasteiger partial charge on any atom is 0.434 e. The molecule has 0 saturated heterocycles. The minimum Gasteiger partial charge on any atom is -0.345 e. The van der Waals surface area contributed by atoms with Gasteiger partial charge in [0.05, 0.1) is 39.9 Å². The Morgan fingerprint density at radius 2 is 1.73 bits per heavy atom. The maximum atomic E-state index is 14.3. The third kappa shape index (κ3) is 3.88. The van der Waals surface area contributed by atoms with Crippen LogP contribution in [-0.2, 0) is 17.1 Å². The number of amides is 1. The van der Waals surface area contributed by atoms with Gasteiger partial charge >= 0.3 is 12.4 Å². The monoisotopic (exact) mass is 576 g/mol. The number of fused-ring (bicyclic) bond motifs is 1. The van der Waals surface area contributed by atoms with E-state index in [0.29, 0.717) is 36.9 Å². The molecule has 2 aromatic carbocycles. The van der Waals surface area contributed by atoms with E-state index < -0.39 is 35.2 Å². The number of aromatic nitrogens is 5. The molecule has 0 aliphatic rings. The molecule has 4 heterocycles. The van der Waals surface area contributed by atoms with E-state index in [1.54, 1.807) is 24.1 Å². The van der Waals surface area contributed by atoms with Crippen molar-refractivity contribution in [3.05, 3.63) is 82.2 Å². The number of halogens is 7.